The average molecular weight is 274 g/mol. The Bertz CT molecular complexity index is 491. The SMILES string of the molecule is CCOc1cccnc1NCCSc1ccccc1. The fraction of sp³-hybridized carbons (Fsp3) is 0.267. The Morgan fingerprint density at radius 2 is 2.00 bits per heavy atom. The van der Waals surface area contributed by atoms with Crippen LogP contribution >= 0.6 is 11.8 Å². The van der Waals surface area contributed by atoms with Crippen molar-refractivity contribution in [3.05, 3.63) is 48.7 Å². The van der Waals surface area contributed by atoms with Crippen LogP contribution in [0, 0.1) is 0 Å². The zero-order valence-electron chi connectivity index (χ0n) is 11.0. The number of nitrogens with zero attached hydrogens (tertiary/aromatic N) is 1. The van der Waals surface area contributed by atoms with Crippen LogP contribution in [0.3, 0.4) is 0 Å². The van der Waals surface area contributed by atoms with Gasteiger partial charge in [-0.05, 0) is 31.2 Å². The second kappa shape index (κ2) is 7.69. The van der Waals surface area contributed by atoms with Crippen molar-refractivity contribution in [2.45, 2.75) is 11.8 Å². The Balaban J connectivity index is 1.79. The van der Waals surface area contributed by atoms with Gasteiger partial charge in [-0.1, -0.05) is 18.2 Å². The smallest absolute Gasteiger partial charge is 0.168 e. The van der Waals surface area contributed by atoms with Crippen LogP contribution in [0.15, 0.2) is 53.6 Å². The zero-order valence-corrected chi connectivity index (χ0v) is 11.8. The number of pyridine rings is 1. The van der Waals surface area contributed by atoms with Gasteiger partial charge >= 0.3 is 0 Å². The molecule has 1 aromatic carbocycles. The molecule has 0 radical (unpaired) electrons. The van der Waals surface area contributed by atoms with Gasteiger partial charge in [-0.3, -0.25) is 0 Å². The maximum Gasteiger partial charge on any atom is 0.168 e. The molecule has 0 atom stereocenters. The van der Waals surface area contributed by atoms with Crippen LogP contribution in [-0.2, 0) is 0 Å². The lowest BCUT2D eigenvalue weighted by Crippen LogP contribution is -2.07. The largest absolute Gasteiger partial charge is 0.490 e. The summed E-state index contributed by atoms with van der Waals surface area (Å²) in [5, 5.41) is 3.31. The molecule has 0 bridgehead atoms. The summed E-state index contributed by atoms with van der Waals surface area (Å²) in [6, 6.07) is 14.2. The molecule has 0 saturated carbocycles. The van der Waals surface area contributed by atoms with Gasteiger partial charge < -0.3 is 10.1 Å². The highest BCUT2D eigenvalue weighted by atomic mass is 32.2. The lowest BCUT2D eigenvalue weighted by Gasteiger charge is -2.10. The number of hydrogen-bond acceptors (Lipinski definition) is 4. The number of benzene rings is 1. The molecule has 19 heavy (non-hydrogen) atoms. The van der Waals surface area contributed by atoms with Crippen molar-refractivity contribution < 1.29 is 4.74 Å². The van der Waals surface area contributed by atoms with E-state index in [9.17, 15) is 0 Å². The molecule has 0 aliphatic heterocycles. The van der Waals surface area contributed by atoms with E-state index in [1.54, 1.807) is 6.20 Å². The van der Waals surface area contributed by atoms with Crippen LogP contribution in [0.1, 0.15) is 6.92 Å². The normalized spacial score (nSPS) is 10.2. The van der Waals surface area contributed by atoms with E-state index >= 15 is 0 Å². The van der Waals surface area contributed by atoms with Gasteiger partial charge in [-0.25, -0.2) is 4.98 Å². The number of anilines is 1. The summed E-state index contributed by atoms with van der Waals surface area (Å²) in [7, 11) is 0. The standard InChI is InChI=1S/C15H18N2OS/c1-2-18-14-9-6-10-16-15(14)17-11-12-19-13-7-4-3-5-8-13/h3-10H,2,11-12H2,1H3,(H,16,17). The number of ether oxygens (including phenoxy) is 1. The molecule has 1 N–H and O–H groups in total. The Morgan fingerprint density at radius 3 is 2.79 bits per heavy atom. The molecule has 0 aliphatic rings. The van der Waals surface area contributed by atoms with Gasteiger partial charge in [0.15, 0.2) is 11.6 Å². The minimum Gasteiger partial charge on any atom is -0.490 e. The van der Waals surface area contributed by atoms with Crippen LogP contribution in [0.5, 0.6) is 5.75 Å². The van der Waals surface area contributed by atoms with E-state index in [1.807, 2.05) is 36.9 Å². The topological polar surface area (TPSA) is 34.1 Å². The van der Waals surface area contributed by atoms with Gasteiger partial charge in [0, 0.05) is 23.4 Å². The van der Waals surface area contributed by atoms with Crippen LogP contribution in [0.4, 0.5) is 5.82 Å². The third-order valence-corrected chi connectivity index (χ3v) is 3.49. The third-order valence-electron chi connectivity index (χ3n) is 2.48. The molecule has 4 heteroatoms. The molecule has 0 spiro atoms. The van der Waals surface area contributed by atoms with Crippen LogP contribution in [0.25, 0.3) is 0 Å². The molecule has 0 unspecified atom stereocenters. The van der Waals surface area contributed by atoms with Gasteiger partial charge in [0.05, 0.1) is 6.61 Å². The van der Waals surface area contributed by atoms with E-state index in [1.165, 1.54) is 4.90 Å². The molecular weight excluding hydrogens is 256 g/mol. The Labute approximate surface area is 118 Å². The predicted octanol–water partition coefficient (Wildman–Crippen LogP) is 3.68. The van der Waals surface area contributed by atoms with Gasteiger partial charge in [0.25, 0.3) is 0 Å². The third kappa shape index (κ3) is 4.48. The Morgan fingerprint density at radius 1 is 1.16 bits per heavy atom. The highest BCUT2D eigenvalue weighted by molar-refractivity contribution is 7.99. The number of nitrogens with one attached hydrogen (secondary N) is 1. The van der Waals surface area contributed by atoms with Gasteiger partial charge in [-0.2, -0.15) is 0 Å². The first-order chi connectivity index (χ1) is 9.40. The number of hydrogen-bond donors (Lipinski definition) is 1. The first-order valence-electron chi connectivity index (χ1n) is 6.39. The van der Waals surface area contributed by atoms with E-state index < -0.39 is 0 Å². The Kier molecular flexibility index (Phi) is 5.56. The summed E-state index contributed by atoms with van der Waals surface area (Å²) in [4.78, 5) is 5.58. The number of rotatable bonds is 7. The molecule has 0 fully saturated rings. The van der Waals surface area contributed by atoms with Crippen LogP contribution in [0.2, 0.25) is 0 Å². The van der Waals surface area contributed by atoms with Crippen LogP contribution in [-0.4, -0.2) is 23.9 Å². The molecule has 1 aromatic heterocycles. The molecule has 0 amide bonds. The molecule has 2 rings (SSSR count). The quantitative estimate of drug-likeness (QED) is 0.617. The monoisotopic (exact) mass is 274 g/mol. The van der Waals surface area contributed by atoms with Crippen molar-refractivity contribution >= 4 is 17.6 Å². The molecule has 3 nitrogen and oxygen atoms in total. The van der Waals surface area contributed by atoms with E-state index in [2.05, 4.69) is 34.6 Å². The molecule has 1 heterocycles. The minimum absolute atomic E-state index is 0.652. The van der Waals surface area contributed by atoms with E-state index in [0.29, 0.717) is 6.61 Å². The second-order valence-corrected chi connectivity index (χ2v) is 5.04. The van der Waals surface area contributed by atoms with Crippen molar-refractivity contribution in [1.82, 2.24) is 4.98 Å². The predicted molar refractivity (Wildman–Crippen MR) is 81.1 cm³/mol. The second-order valence-electron chi connectivity index (χ2n) is 3.87. The first kappa shape index (κ1) is 13.7. The lowest BCUT2D eigenvalue weighted by atomic mass is 10.4. The fourth-order valence-corrected chi connectivity index (χ4v) is 2.44. The van der Waals surface area contributed by atoms with Gasteiger partial charge in [0.2, 0.25) is 0 Å². The fourth-order valence-electron chi connectivity index (χ4n) is 1.65. The molecule has 2 aromatic rings. The van der Waals surface area contributed by atoms with Crippen molar-refractivity contribution in [3.8, 4) is 5.75 Å². The summed E-state index contributed by atoms with van der Waals surface area (Å²) in [6.45, 7) is 3.48. The highest BCUT2D eigenvalue weighted by Gasteiger charge is 2.02. The van der Waals surface area contributed by atoms with Crippen LogP contribution < -0.4 is 10.1 Å². The van der Waals surface area contributed by atoms with E-state index in [0.717, 1.165) is 23.9 Å². The average Bonchev–Trinajstić information content (AvgIpc) is 2.47. The molecule has 100 valence electrons. The van der Waals surface area contributed by atoms with Gasteiger partial charge in [-0.15, -0.1) is 11.8 Å². The van der Waals surface area contributed by atoms with E-state index in [-0.39, 0.29) is 0 Å². The van der Waals surface area contributed by atoms with Crippen molar-refractivity contribution in [2.75, 3.05) is 24.2 Å². The van der Waals surface area contributed by atoms with Crippen molar-refractivity contribution in [1.29, 1.82) is 0 Å². The lowest BCUT2D eigenvalue weighted by molar-refractivity contribution is 0.340. The summed E-state index contributed by atoms with van der Waals surface area (Å²) >= 11 is 1.83. The number of aromatic nitrogens is 1. The maximum atomic E-state index is 5.52. The number of thioether (sulfide) groups is 1. The van der Waals surface area contributed by atoms with Crippen molar-refractivity contribution in [3.63, 3.8) is 0 Å². The van der Waals surface area contributed by atoms with Crippen molar-refractivity contribution in [2.24, 2.45) is 0 Å². The molecule has 0 aliphatic carbocycles. The minimum atomic E-state index is 0.652. The highest BCUT2D eigenvalue weighted by Crippen LogP contribution is 2.21. The molecule has 0 saturated heterocycles. The summed E-state index contributed by atoms with van der Waals surface area (Å²) in [5.74, 6) is 2.62. The summed E-state index contributed by atoms with van der Waals surface area (Å²) in [6.07, 6.45) is 1.77. The summed E-state index contributed by atoms with van der Waals surface area (Å²) < 4.78 is 5.52. The molecular formula is C15H18N2OS. The Hall–Kier alpha value is -1.68. The van der Waals surface area contributed by atoms with Gasteiger partial charge in [0.1, 0.15) is 0 Å². The zero-order chi connectivity index (χ0) is 13.3. The maximum absolute atomic E-state index is 5.52. The first-order valence-corrected chi connectivity index (χ1v) is 7.38. The van der Waals surface area contributed by atoms with E-state index in [4.69, 9.17) is 4.74 Å². The summed E-state index contributed by atoms with van der Waals surface area (Å²) in [5.41, 5.74) is 0.